The van der Waals surface area contributed by atoms with Crippen LogP contribution in [0.2, 0.25) is 0 Å². The number of benzene rings is 1. The van der Waals surface area contributed by atoms with Crippen molar-refractivity contribution < 1.29 is 14.6 Å². The molecule has 4 rings (SSSR count). The Kier molecular flexibility index (Phi) is 7.06. The first kappa shape index (κ1) is 22.0. The van der Waals surface area contributed by atoms with Crippen LogP contribution in [0, 0.1) is 0 Å². The lowest BCUT2D eigenvalue weighted by Gasteiger charge is -2.35. The van der Waals surface area contributed by atoms with E-state index in [0.717, 1.165) is 53.9 Å². The van der Waals surface area contributed by atoms with Gasteiger partial charge in [0.25, 0.3) is 0 Å². The number of hydrogen-bond donors (Lipinski definition) is 2. The number of fused-ring (bicyclic) bond motifs is 2. The van der Waals surface area contributed by atoms with Crippen molar-refractivity contribution in [1.82, 2.24) is 20.2 Å². The molecule has 1 unspecified atom stereocenters. The Labute approximate surface area is 187 Å². The Bertz CT molecular complexity index is 920. The molecule has 1 atom stereocenters. The van der Waals surface area contributed by atoms with Gasteiger partial charge in [-0.25, -0.2) is 9.97 Å². The van der Waals surface area contributed by atoms with Crippen molar-refractivity contribution in [3.05, 3.63) is 36.2 Å². The summed E-state index contributed by atoms with van der Waals surface area (Å²) in [5.41, 5.74) is 2.29. The molecule has 2 N–H and O–H groups in total. The van der Waals surface area contributed by atoms with Gasteiger partial charge in [0.15, 0.2) is 5.82 Å². The molecule has 31 heavy (non-hydrogen) atoms. The summed E-state index contributed by atoms with van der Waals surface area (Å²) >= 11 is 1.63. The van der Waals surface area contributed by atoms with E-state index in [1.165, 1.54) is 5.56 Å². The van der Waals surface area contributed by atoms with Gasteiger partial charge in [-0.05, 0) is 37.0 Å². The molecule has 2 aromatic rings. The number of hydrogen-bond acceptors (Lipinski definition) is 8. The highest BCUT2D eigenvalue weighted by atomic mass is 32.2. The van der Waals surface area contributed by atoms with Gasteiger partial charge in [0.1, 0.15) is 17.8 Å². The van der Waals surface area contributed by atoms with Crippen LogP contribution in [0.15, 0.2) is 40.5 Å². The Morgan fingerprint density at radius 3 is 2.81 bits per heavy atom. The second-order valence-electron chi connectivity index (χ2n) is 7.89. The van der Waals surface area contributed by atoms with Crippen molar-refractivity contribution in [2.45, 2.75) is 54.7 Å². The van der Waals surface area contributed by atoms with E-state index < -0.39 is 5.97 Å². The first-order valence-electron chi connectivity index (χ1n) is 10.7. The maximum Gasteiger partial charge on any atom is 0.320 e. The maximum atomic E-state index is 11.4. The summed E-state index contributed by atoms with van der Waals surface area (Å²) in [6.45, 7) is 4.76. The minimum atomic E-state index is -0.715. The number of carboxylic acids is 1. The molecule has 0 aliphatic carbocycles. The number of piperidine rings is 1. The molecule has 8 nitrogen and oxygen atoms in total. The molecular weight excluding hydrogens is 414 g/mol. The van der Waals surface area contributed by atoms with Crippen LogP contribution in [-0.2, 0) is 16.1 Å². The molecule has 166 valence electrons. The zero-order valence-electron chi connectivity index (χ0n) is 18.0. The van der Waals surface area contributed by atoms with Gasteiger partial charge in [-0.2, -0.15) is 0 Å². The number of carboxylic acid groups (broad SMARTS) is 1. The van der Waals surface area contributed by atoms with E-state index >= 15 is 0 Å². The van der Waals surface area contributed by atoms with Gasteiger partial charge in [0, 0.05) is 50.1 Å². The van der Waals surface area contributed by atoms with Crippen molar-refractivity contribution in [2.24, 2.45) is 0 Å². The fourth-order valence-corrected chi connectivity index (χ4v) is 5.28. The largest absolute Gasteiger partial charge is 0.480 e. The third-order valence-electron chi connectivity index (χ3n) is 5.92. The van der Waals surface area contributed by atoms with Crippen LogP contribution < -0.4 is 10.2 Å². The van der Waals surface area contributed by atoms with Crippen molar-refractivity contribution in [3.8, 4) is 0 Å². The van der Waals surface area contributed by atoms with Crippen LogP contribution in [0.5, 0.6) is 0 Å². The molecule has 0 amide bonds. The Balaban J connectivity index is 1.39. The van der Waals surface area contributed by atoms with E-state index in [4.69, 9.17) is 4.74 Å². The second-order valence-corrected chi connectivity index (χ2v) is 8.92. The summed E-state index contributed by atoms with van der Waals surface area (Å²) in [5.74, 6) is 0.107. The third-order valence-corrected chi connectivity index (χ3v) is 6.96. The van der Waals surface area contributed by atoms with Crippen molar-refractivity contribution in [3.63, 3.8) is 0 Å². The maximum absolute atomic E-state index is 11.4. The minimum absolute atomic E-state index is 0.364. The number of methoxy groups -OCH3 is 1. The van der Waals surface area contributed by atoms with Gasteiger partial charge < -0.3 is 15.2 Å². The van der Waals surface area contributed by atoms with Crippen molar-refractivity contribution >= 4 is 29.2 Å². The number of anilines is 2. The number of carbonyl (C=O) groups is 1. The molecule has 0 radical (unpaired) electrons. The van der Waals surface area contributed by atoms with Crippen LogP contribution in [-0.4, -0.2) is 65.0 Å². The summed E-state index contributed by atoms with van der Waals surface area (Å²) in [4.78, 5) is 25.7. The molecule has 2 aliphatic heterocycles. The monoisotopic (exact) mass is 443 g/mol. The van der Waals surface area contributed by atoms with Crippen LogP contribution in [0.4, 0.5) is 11.5 Å². The molecule has 9 heteroatoms. The van der Waals surface area contributed by atoms with Gasteiger partial charge in [0.2, 0.25) is 0 Å². The molecule has 0 spiro atoms. The molecule has 2 aliphatic rings. The first-order valence-corrected chi connectivity index (χ1v) is 11.5. The number of aliphatic carboxylic acids is 1. The molecular formula is C22H29N5O3S. The van der Waals surface area contributed by atoms with Gasteiger partial charge in [0.05, 0.1) is 5.69 Å². The highest BCUT2D eigenvalue weighted by molar-refractivity contribution is 7.99. The van der Waals surface area contributed by atoms with Gasteiger partial charge in [-0.15, -0.1) is 0 Å². The summed E-state index contributed by atoms with van der Waals surface area (Å²) in [7, 11) is 1.68. The van der Waals surface area contributed by atoms with E-state index in [2.05, 4.69) is 43.3 Å². The van der Waals surface area contributed by atoms with Gasteiger partial charge in [-0.3, -0.25) is 14.6 Å². The normalized spacial score (nSPS) is 17.8. The number of nitrogens with zero attached hydrogens (tertiary/aromatic N) is 4. The fraction of sp³-hybridized carbons (Fsp3) is 0.500. The molecule has 1 fully saturated rings. The highest BCUT2D eigenvalue weighted by Crippen LogP contribution is 2.46. The van der Waals surface area contributed by atoms with Crippen LogP contribution in [0.1, 0.15) is 31.7 Å². The standard InChI is InChI=1S/C22H29N5O3S/c1-3-17(22(28)29)26-10-6-16(7-11-26)25-13-15-4-5-19-18(12-15)27(14-30-2)20-21(31-19)24-9-8-23-20/h4-5,8-9,12,16-17,25H,3,6-7,10-11,13-14H2,1-2H3,(H,28,29). The Morgan fingerprint density at radius 1 is 1.32 bits per heavy atom. The number of nitrogens with one attached hydrogen (secondary N) is 1. The summed E-state index contributed by atoms with van der Waals surface area (Å²) in [6.07, 6.45) is 5.99. The lowest BCUT2D eigenvalue weighted by Crippen LogP contribution is -2.49. The van der Waals surface area contributed by atoms with Crippen LogP contribution >= 0.6 is 11.8 Å². The van der Waals surface area contributed by atoms with Gasteiger partial charge in [-0.1, -0.05) is 24.8 Å². The minimum Gasteiger partial charge on any atom is -0.480 e. The fourth-order valence-electron chi connectivity index (χ4n) is 4.29. The lowest BCUT2D eigenvalue weighted by atomic mass is 10.0. The van der Waals surface area contributed by atoms with E-state index in [1.807, 2.05) is 6.92 Å². The SMILES string of the molecule is CCC(C(=O)O)N1CCC(NCc2ccc3c(c2)N(COC)c2nccnc2S3)CC1. The summed E-state index contributed by atoms with van der Waals surface area (Å²) in [5, 5.41) is 13.9. The van der Waals surface area contributed by atoms with Crippen LogP contribution in [0.25, 0.3) is 0 Å². The number of aromatic nitrogens is 2. The predicted octanol–water partition coefficient (Wildman–Crippen LogP) is 3.10. The smallest absolute Gasteiger partial charge is 0.320 e. The average Bonchev–Trinajstić information content (AvgIpc) is 2.79. The molecule has 3 heterocycles. The highest BCUT2D eigenvalue weighted by Gasteiger charge is 2.29. The molecule has 0 bridgehead atoms. The lowest BCUT2D eigenvalue weighted by molar-refractivity contribution is -0.144. The number of ether oxygens (including phenoxy) is 1. The predicted molar refractivity (Wildman–Crippen MR) is 120 cm³/mol. The average molecular weight is 444 g/mol. The molecule has 0 saturated carbocycles. The van der Waals surface area contributed by atoms with E-state index in [-0.39, 0.29) is 6.04 Å². The zero-order chi connectivity index (χ0) is 21.8. The third kappa shape index (κ3) is 4.85. The Morgan fingerprint density at radius 2 is 2.10 bits per heavy atom. The zero-order valence-corrected chi connectivity index (χ0v) is 18.8. The number of likely N-dealkylation sites (tertiary alicyclic amines) is 1. The summed E-state index contributed by atoms with van der Waals surface area (Å²) < 4.78 is 5.43. The Hall–Kier alpha value is -2.20. The van der Waals surface area contributed by atoms with E-state index in [0.29, 0.717) is 19.2 Å². The van der Waals surface area contributed by atoms with Crippen LogP contribution in [0.3, 0.4) is 0 Å². The van der Waals surface area contributed by atoms with Crippen molar-refractivity contribution in [2.75, 3.05) is 31.8 Å². The van der Waals surface area contributed by atoms with Crippen molar-refractivity contribution in [1.29, 1.82) is 0 Å². The topological polar surface area (TPSA) is 90.8 Å². The van der Waals surface area contributed by atoms with Gasteiger partial charge >= 0.3 is 5.97 Å². The number of rotatable bonds is 8. The molecule has 1 aromatic heterocycles. The van der Waals surface area contributed by atoms with E-state index in [9.17, 15) is 9.90 Å². The second kappa shape index (κ2) is 9.95. The molecule has 1 aromatic carbocycles. The first-order chi connectivity index (χ1) is 15.1. The quantitative estimate of drug-likeness (QED) is 0.638. The van der Waals surface area contributed by atoms with E-state index in [1.54, 1.807) is 31.3 Å². The molecule has 1 saturated heterocycles. The summed E-state index contributed by atoms with van der Waals surface area (Å²) in [6, 6.07) is 6.52.